The standard InChI is InChI=1S/C13H15FN2/c1-3-7-15-13-12-10(6-8-16-13)9(2)4-5-11(12)14/h4-6,8H,3,7H2,1-2H3,(H,15,16). The molecular formula is C13H15FN2. The van der Waals surface area contributed by atoms with Crippen LogP contribution in [0.4, 0.5) is 10.2 Å². The van der Waals surface area contributed by atoms with Crippen LogP contribution >= 0.6 is 0 Å². The van der Waals surface area contributed by atoms with Crippen LogP contribution in [0.5, 0.6) is 0 Å². The maximum atomic E-state index is 13.8. The Morgan fingerprint density at radius 2 is 2.12 bits per heavy atom. The first-order valence-electron chi connectivity index (χ1n) is 5.51. The van der Waals surface area contributed by atoms with Crippen molar-refractivity contribution in [1.29, 1.82) is 0 Å². The number of aryl methyl sites for hydroxylation is 1. The summed E-state index contributed by atoms with van der Waals surface area (Å²) in [5.74, 6) is 0.424. The van der Waals surface area contributed by atoms with Gasteiger partial charge in [0.25, 0.3) is 0 Å². The van der Waals surface area contributed by atoms with Crippen LogP contribution in [0.1, 0.15) is 18.9 Å². The molecule has 1 heterocycles. The van der Waals surface area contributed by atoms with Crippen LogP contribution in [-0.4, -0.2) is 11.5 Å². The minimum Gasteiger partial charge on any atom is -0.369 e. The van der Waals surface area contributed by atoms with Gasteiger partial charge in [0.05, 0.1) is 5.39 Å². The lowest BCUT2D eigenvalue weighted by molar-refractivity contribution is 0.639. The van der Waals surface area contributed by atoms with Crippen molar-refractivity contribution in [3.05, 3.63) is 35.8 Å². The molecule has 1 aromatic carbocycles. The molecular weight excluding hydrogens is 203 g/mol. The lowest BCUT2D eigenvalue weighted by Crippen LogP contribution is -2.03. The zero-order valence-corrected chi connectivity index (χ0v) is 9.55. The molecule has 2 nitrogen and oxygen atoms in total. The highest BCUT2D eigenvalue weighted by Crippen LogP contribution is 2.26. The van der Waals surface area contributed by atoms with E-state index in [2.05, 4.69) is 17.2 Å². The van der Waals surface area contributed by atoms with Crippen molar-refractivity contribution < 1.29 is 4.39 Å². The van der Waals surface area contributed by atoms with Crippen LogP contribution in [0.3, 0.4) is 0 Å². The number of nitrogens with one attached hydrogen (secondary N) is 1. The maximum Gasteiger partial charge on any atom is 0.136 e. The van der Waals surface area contributed by atoms with Crippen molar-refractivity contribution >= 4 is 16.6 Å². The number of hydrogen-bond donors (Lipinski definition) is 1. The Morgan fingerprint density at radius 1 is 1.31 bits per heavy atom. The van der Waals surface area contributed by atoms with E-state index < -0.39 is 0 Å². The summed E-state index contributed by atoms with van der Waals surface area (Å²) < 4.78 is 13.8. The Labute approximate surface area is 94.5 Å². The normalized spacial score (nSPS) is 10.7. The third kappa shape index (κ3) is 1.85. The number of anilines is 1. The van der Waals surface area contributed by atoms with E-state index in [1.165, 1.54) is 6.07 Å². The second kappa shape index (κ2) is 4.47. The number of fused-ring (bicyclic) bond motifs is 1. The molecule has 16 heavy (non-hydrogen) atoms. The Balaban J connectivity index is 2.61. The summed E-state index contributed by atoms with van der Waals surface area (Å²) in [5.41, 5.74) is 1.07. The van der Waals surface area contributed by atoms with Gasteiger partial charge in [0, 0.05) is 12.7 Å². The minimum atomic E-state index is -0.215. The van der Waals surface area contributed by atoms with Gasteiger partial charge in [0.1, 0.15) is 11.6 Å². The average molecular weight is 218 g/mol. The number of benzene rings is 1. The van der Waals surface area contributed by atoms with Gasteiger partial charge in [0.2, 0.25) is 0 Å². The number of hydrogen-bond acceptors (Lipinski definition) is 2. The second-order valence-corrected chi connectivity index (χ2v) is 3.87. The van der Waals surface area contributed by atoms with Gasteiger partial charge in [-0.25, -0.2) is 9.37 Å². The zero-order valence-electron chi connectivity index (χ0n) is 9.55. The quantitative estimate of drug-likeness (QED) is 0.852. The molecule has 0 aliphatic carbocycles. The first kappa shape index (κ1) is 10.9. The molecule has 0 amide bonds. The van der Waals surface area contributed by atoms with Crippen LogP contribution in [-0.2, 0) is 0 Å². The van der Waals surface area contributed by atoms with Crippen molar-refractivity contribution in [2.45, 2.75) is 20.3 Å². The highest BCUT2D eigenvalue weighted by molar-refractivity contribution is 5.94. The molecule has 0 radical (unpaired) electrons. The van der Waals surface area contributed by atoms with Crippen LogP contribution < -0.4 is 5.32 Å². The molecule has 2 aromatic rings. The Hall–Kier alpha value is -1.64. The molecule has 0 aliphatic rings. The van der Waals surface area contributed by atoms with Crippen LogP contribution in [0.2, 0.25) is 0 Å². The van der Waals surface area contributed by atoms with Gasteiger partial charge in [-0.3, -0.25) is 0 Å². The lowest BCUT2D eigenvalue weighted by Gasteiger charge is -2.09. The summed E-state index contributed by atoms with van der Waals surface area (Å²) in [4.78, 5) is 4.20. The molecule has 0 saturated carbocycles. The first-order valence-corrected chi connectivity index (χ1v) is 5.51. The molecule has 2 rings (SSSR count). The summed E-state index contributed by atoms with van der Waals surface area (Å²) in [6, 6.07) is 5.14. The SMILES string of the molecule is CCCNc1nccc2c(C)ccc(F)c12. The summed E-state index contributed by atoms with van der Waals surface area (Å²) >= 11 is 0. The van der Waals surface area contributed by atoms with E-state index in [0.29, 0.717) is 11.2 Å². The minimum absolute atomic E-state index is 0.215. The van der Waals surface area contributed by atoms with Crippen molar-refractivity contribution in [3.8, 4) is 0 Å². The van der Waals surface area contributed by atoms with E-state index in [4.69, 9.17) is 0 Å². The molecule has 0 spiro atoms. The molecule has 1 N–H and O–H groups in total. The Morgan fingerprint density at radius 3 is 2.88 bits per heavy atom. The van der Waals surface area contributed by atoms with Crippen LogP contribution in [0, 0.1) is 12.7 Å². The number of nitrogens with zero attached hydrogens (tertiary/aromatic N) is 1. The number of halogens is 1. The fourth-order valence-electron chi connectivity index (χ4n) is 1.78. The zero-order chi connectivity index (χ0) is 11.5. The van der Waals surface area contributed by atoms with Gasteiger partial charge in [-0.1, -0.05) is 13.0 Å². The summed E-state index contributed by atoms with van der Waals surface area (Å²) in [7, 11) is 0. The molecule has 0 unspecified atom stereocenters. The molecule has 3 heteroatoms. The van der Waals surface area contributed by atoms with Crippen molar-refractivity contribution in [1.82, 2.24) is 4.98 Å². The van der Waals surface area contributed by atoms with E-state index in [9.17, 15) is 4.39 Å². The number of pyridine rings is 1. The third-order valence-corrected chi connectivity index (χ3v) is 2.64. The van der Waals surface area contributed by atoms with Crippen molar-refractivity contribution in [3.63, 3.8) is 0 Å². The molecule has 0 aliphatic heterocycles. The van der Waals surface area contributed by atoms with Crippen molar-refractivity contribution in [2.75, 3.05) is 11.9 Å². The highest BCUT2D eigenvalue weighted by Gasteiger charge is 2.08. The monoisotopic (exact) mass is 218 g/mol. The lowest BCUT2D eigenvalue weighted by atomic mass is 10.1. The maximum absolute atomic E-state index is 13.8. The van der Waals surface area contributed by atoms with Gasteiger partial charge < -0.3 is 5.32 Å². The van der Waals surface area contributed by atoms with E-state index in [1.807, 2.05) is 13.0 Å². The number of rotatable bonds is 3. The van der Waals surface area contributed by atoms with Crippen molar-refractivity contribution in [2.24, 2.45) is 0 Å². The van der Waals surface area contributed by atoms with Gasteiger partial charge in [0.15, 0.2) is 0 Å². The molecule has 1 aromatic heterocycles. The second-order valence-electron chi connectivity index (χ2n) is 3.87. The molecule has 0 bridgehead atoms. The summed E-state index contributed by atoms with van der Waals surface area (Å²) in [5, 5.41) is 4.67. The fraction of sp³-hybridized carbons (Fsp3) is 0.308. The van der Waals surface area contributed by atoms with Crippen LogP contribution in [0.15, 0.2) is 24.4 Å². The molecule has 0 saturated heterocycles. The third-order valence-electron chi connectivity index (χ3n) is 2.64. The Kier molecular flexibility index (Phi) is 3.04. The largest absolute Gasteiger partial charge is 0.369 e. The van der Waals surface area contributed by atoms with Gasteiger partial charge >= 0.3 is 0 Å². The molecule has 84 valence electrons. The predicted molar refractivity (Wildman–Crippen MR) is 65.2 cm³/mol. The van der Waals surface area contributed by atoms with E-state index in [-0.39, 0.29) is 5.82 Å². The fourth-order valence-corrected chi connectivity index (χ4v) is 1.78. The summed E-state index contributed by atoms with van der Waals surface area (Å²) in [6.45, 7) is 4.85. The number of aromatic nitrogens is 1. The van der Waals surface area contributed by atoms with E-state index in [1.54, 1.807) is 12.3 Å². The summed E-state index contributed by atoms with van der Waals surface area (Å²) in [6.07, 6.45) is 2.71. The average Bonchev–Trinajstić information content (AvgIpc) is 2.31. The van der Waals surface area contributed by atoms with Crippen LogP contribution in [0.25, 0.3) is 10.8 Å². The first-order chi connectivity index (χ1) is 7.74. The smallest absolute Gasteiger partial charge is 0.136 e. The van der Waals surface area contributed by atoms with Gasteiger partial charge in [-0.2, -0.15) is 0 Å². The Bertz CT molecular complexity index is 509. The molecule has 0 fully saturated rings. The molecule has 0 atom stereocenters. The predicted octanol–water partition coefficient (Wildman–Crippen LogP) is 3.50. The topological polar surface area (TPSA) is 24.9 Å². The highest BCUT2D eigenvalue weighted by atomic mass is 19.1. The van der Waals surface area contributed by atoms with Gasteiger partial charge in [-0.15, -0.1) is 0 Å². The van der Waals surface area contributed by atoms with Gasteiger partial charge in [-0.05, 0) is 36.4 Å². The van der Waals surface area contributed by atoms with E-state index >= 15 is 0 Å². The van der Waals surface area contributed by atoms with E-state index in [0.717, 1.165) is 23.9 Å².